The number of carbonyl (C=O) groups is 1. The molecule has 2 N–H and O–H groups in total. The van der Waals surface area contributed by atoms with E-state index in [0.717, 1.165) is 16.9 Å². The van der Waals surface area contributed by atoms with E-state index in [9.17, 15) is 22.0 Å². The molecule has 10 heteroatoms. The van der Waals surface area contributed by atoms with E-state index in [0.29, 0.717) is 31.6 Å². The highest BCUT2D eigenvalue weighted by molar-refractivity contribution is 7.94. The van der Waals surface area contributed by atoms with Crippen LogP contribution in [0.3, 0.4) is 0 Å². The maximum Gasteiger partial charge on any atom is 0.271 e. The molecule has 1 aromatic carbocycles. The second-order valence-corrected chi connectivity index (χ2v) is 9.80. The minimum atomic E-state index is -3.60. The van der Waals surface area contributed by atoms with E-state index < -0.39 is 16.4 Å². The van der Waals surface area contributed by atoms with Gasteiger partial charge >= 0.3 is 0 Å². The molecule has 1 amide bonds. The molecule has 0 radical (unpaired) electrons. The Morgan fingerprint density at radius 3 is 2.45 bits per heavy atom. The lowest BCUT2D eigenvalue weighted by molar-refractivity contribution is -0.121. The third kappa shape index (κ3) is 6.48. The number of thiophene rings is 1. The number of hydrogen-bond acceptors (Lipinski definition) is 5. The summed E-state index contributed by atoms with van der Waals surface area (Å²) in [6.45, 7) is 0.881. The highest BCUT2D eigenvalue weighted by atomic mass is 32.2. The van der Waals surface area contributed by atoms with Crippen molar-refractivity contribution in [3.05, 3.63) is 47.3 Å². The predicted molar refractivity (Wildman–Crippen MR) is 109 cm³/mol. The van der Waals surface area contributed by atoms with Crippen LogP contribution in [0.5, 0.6) is 0 Å². The number of sulfonamides is 1. The zero-order valence-electron chi connectivity index (χ0n) is 15.7. The van der Waals surface area contributed by atoms with E-state index in [1.54, 1.807) is 40.6 Å². The topological polar surface area (TPSA) is 78.5 Å². The number of amides is 1. The molecule has 3 rings (SSSR count). The number of hydrogen-bond donors (Lipinski definition) is 2. The van der Waals surface area contributed by atoms with Gasteiger partial charge in [0.05, 0.1) is 13.0 Å². The number of halogens is 2. The van der Waals surface area contributed by atoms with E-state index in [1.807, 2.05) is 0 Å². The van der Waals surface area contributed by atoms with E-state index in [2.05, 4.69) is 10.0 Å². The molecule has 0 atom stereocenters. The van der Waals surface area contributed by atoms with Crippen LogP contribution >= 0.6 is 11.3 Å². The van der Waals surface area contributed by atoms with Crippen molar-refractivity contribution in [1.29, 1.82) is 0 Å². The van der Waals surface area contributed by atoms with Gasteiger partial charge in [-0.25, -0.2) is 17.2 Å². The second-order valence-electron chi connectivity index (χ2n) is 6.94. The summed E-state index contributed by atoms with van der Waals surface area (Å²) in [5.41, 5.74) is 1.19. The molecule has 1 aromatic heterocycles. The molecule has 1 saturated heterocycles. The molecule has 0 aliphatic carbocycles. The summed E-state index contributed by atoms with van der Waals surface area (Å²) in [6.07, 6.45) is -0.849. The van der Waals surface area contributed by atoms with Crippen molar-refractivity contribution in [3.8, 4) is 0 Å². The van der Waals surface area contributed by atoms with Crippen LogP contribution in [-0.4, -0.2) is 51.3 Å². The Kier molecular flexibility index (Phi) is 7.20. The van der Waals surface area contributed by atoms with Gasteiger partial charge in [0, 0.05) is 24.8 Å². The Hall–Kier alpha value is -2.04. The highest BCUT2D eigenvalue weighted by Crippen LogP contribution is 2.20. The summed E-state index contributed by atoms with van der Waals surface area (Å²) in [4.78, 5) is 14.0. The zero-order valence-corrected chi connectivity index (χ0v) is 17.3. The molecule has 0 saturated carbocycles. The third-order valence-electron chi connectivity index (χ3n) is 4.68. The molecule has 0 unspecified atom stereocenters. The Morgan fingerprint density at radius 1 is 1.17 bits per heavy atom. The van der Waals surface area contributed by atoms with Gasteiger partial charge in [-0.2, -0.15) is 0 Å². The van der Waals surface area contributed by atoms with Gasteiger partial charge in [-0.3, -0.25) is 14.4 Å². The van der Waals surface area contributed by atoms with Gasteiger partial charge in [-0.1, -0.05) is 18.2 Å². The number of anilines is 1. The van der Waals surface area contributed by atoms with Gasteiger partial charge < -0.3 is 5.32 Å². The van der Waals surface area contributed by atoms with Gasteiger partial charge in [0.1, 0.15) is 4.21 Å². The number of likely N-dealkylation sites (tertiary alicyclic amines) is 1. The first-order valence-electron chi connectivity index (χ1n) is 9.27. The van der Waals surface area contributed by atoms with Crippen LogP contribution in [0.4, 0.5) is 14.5 Å². The number of nitrogens with one attached hydrogen (secondary N) is 2. The van der Waals surface area contributed by atoms with Gasteiger partial charge in [-0.05, 0) is 42.0 Å². The first kappa shape index (κ1) is 21.7. The Balaban J connectivity index is 1.47. The number of rotatable bonds is 8. The lowest BCUT2D eigenvalue weighted by atomic mass is 10.0. The van der Waals surface area contributed by atoms with Crippen LogP contribution in [0.2, 0.25) is 0 Å². The van der Waals surface area contributed by atoms with Crippen LogP contribution in [0.25, 0.3) is 0 Å². The molecule has 6 nitrogen and oxygen atoms in total. The van der Waals surface area contributed by atoms with Crippen molar-refractivity contribution in [3.63, 3.8) is 0 Å². The van der Waals surface area contributed by atoms with Crippen LogP contribution in [0.15, 0.2) is 46.0 Å². The van der Waals surface area contributed by atoms with Crippen LogP contribution in [-0.2, 0) is 21.2 Å². The van der Waals surface area contributed by atoms with E-state index in [4.69, 9.17) is 0 Å². The summed E-state index contributed by atoms with van der Waals surface area (Å²) in [5.74, 6) is -0.135. The number of nitrogens with zero attached hydrogens (tertiary/aromatic N) is 1. The van der Waals surface area contributed by atoms with Gasteiger partial charge in [-0.15, -0.1) is 11.3 Å². The first-order valence-corrected chi connectivity index (χ1v) is 11.6. The molecular weight excluding hydrogens is 420 g/mol. The van der Waals surface area contributed by atoms with E-state index >= 15 is 0 Å². The molecule has 1 aliphatic rings. The van der Waals surface area contributed by atoms with Crippen molar-refractivity contribution >= 4 is 33.0 Å². The first-order chi connectivity index (χ1) is 13.8. The molecule has 2 heterocycles. The molecular formula is C19H23F2N3O3S2. The fraction of sp³-hybridized carbons (Fsp3) is 0.421. The Labute approximate surface area is 173 Å². The molecule has 0 bridgehead atoms. The molecule has 1 aliphatic heterocycles. The fourth-order valence-electron chi connectivity index (χ4n) is 3.23. The van der Waals surface area contributed by atoms with E-state index in [1.165, 1.54) is 6.07 Å². The van der Waals surface area contributed by atoms with Crippen molar-refractivity contribution in [2.75, 3.05) is 24.4 Å². The quantitative estimate of drug-likeness (QED) is 0.658. The molecule has 1 fully saturated rings. The monoisotopic (exact) mass is 443 g/mol. The molecule has 0 spiro atoms. The van der Waals surface area contributed by atoms with Crippen molar-refractivity contribution < 1.29 is 22.0 Å². The average molecular weight is 444 g/mol. The summed E-state index contributed by atoms with van der Waals surface area (Å²) in [7, 11) is -3.60. The number of benzene rings is 1. The van der Waals surface area contributed by atoms with Crippen LogP contribution in [0.1, 0.15) is 18.4 Å². The molecule has 29 heavy (non-hydrogen) atoms. The maximum atomic E-state index is 12.4. The highest BCUT2D eigenvalue weighted by Gasteiger charge is 2.22. The minimum absolute atomic E-state index is 0.00620. The summed E-state index contributed by atoms with van der Waals surface area (Å²) in [5, 5.41) is 4.64. The predicted octanol–water partition coefficient (Wildman–Crippen LogP) is 2.94. The van der Waals surface area contributed by atoms with E-state index in [-0.39, 0.29) is 29.1 Å². The standard InChI is InChI=1S/C19H23F2N3O3S2/c20-17(21)13-24-9-7-15(8-10-24)22-18(25)12-14-3-5-16(6-4-14)23-29(26,27)19-2-1-11-28-19/h1-6,11,15,17,23H,7-10,12-13H2,(H,22,25). The van der Waals surface area contributed by atoms with Crippen molar-refractivity contribution in [2.24, 2.45) is 0 Å². The normalized spacial score (nSPS) is 16.1. The smallest absolute Gasteiger partial charge is 0.271 e. The Morgan fingerprint density at radius 2 is 1.86 bits per heavy atom. The van der Waals surface area contributed by atoms with Crippen LogP contribution in [0, 0.1) is 0 Å². The number of alkyl halides is 2. The fourth-order valence-corrected chi connectivity index (χ4v) is 5.28. The molecule has 2 aromatic rings. The Bertz CT molecular complexity index is 895. The third-order valence-corrected chi connectivity index (χ3v) is 7.46. The number of piperidine rings is 1. The minimum Gasteiger partial charge on any atom is -0.353 e. The summed E-state index contributed by atoms with van der Waals surface area (Å²) < 4.78 is 52.0. The summed E-state index contributed by atoms with van der Waals surface area (Å²) in [6, 6.07) is 9.85. The van der Waals surface area contributed by atoms with Crippen molar-refractivity contribution in [1.82, 2.24) is 10.2 Å². The van der Waals surface area contributed by atoms with Crippen LogP contribution < -0.4 is 10.0 Å². The summed E-state index contributed by atoms with van der Waals surface area (Å²) >= 11 is 1.14. The largest absolute Gasteiger partial charge is 0.353 e. The van der Waals surface area contributed by atoms with Gasteiger partial charge in [0.15, 0.2) is 0 Å². The zero-order chi connectivity index (χ0) is 20.9. The lowest BCUT2D eigenvalue weighted by Crippen LogP contribution is -2.46. The number of carbonyl (C=O) groups excluding carboxylic acids is 1. The maximum absolute atomic E-state index is 12.4. The molecule has 158 valence electrons. The second kappa shape index (κ2) is 9.64. The van der Waals surface area contributed by atoms with Gasteiger partial charge in [0.25, 0.3) is 16.4 Å². The SMILES string of the molecule is O=C(Cc1ccc(NS(=O)(=O)c2cccs2)cc1)NC1CCN(CC(F)F)CC1. The lowest BCUT2D eigenvalue weighted by Gasteiger charge is -2.32. The average Bonchev–Trinajstić information content (AvgIpc) is 3.20. The van der Waals surface area contributed by atoms with Gasteiger partial charge in [0.2, 0.25) is 5.91 Å². The van der Waals surface area contributed by atoms with Crippen molar-refractivity contribution in [2.45, 2.75) is 35.9 Å².